The van der Waals surface area contributed by atoms with Gasteiger partial charge < -0.3 is 14.8 Å². The third kappa shape index (κ3) is 3.35. The molecule has 0 radical (unpaired) electrons. The predicted octanol–water partition coefficient (Wildman–Crippen LogP) is 3.32. The molecule has 2 aromatic carbocycles. The molecule has 0 amide bonds. The minimum absolute atomic E-state index is 0.301. The van der Waals surface area contributed by atoms with Crippen LogP contribution in [0.1, 0.15) is 15.9 Å². The van der Waals surface area contributed by atoms with E-state index in [1.807, 2.05) is 54.6 Å². The van der Waals surface area contributed by atoms with Crippen LogP contribution in [0.15, 0.2) is 71.7 Å². The van der Waals surface area contributed by atoms with Gasteiger partial charge >= 0.3 is 5.97 Å². The van der Waals surface area contributed by atoms with Crippen molar-refractivity contribution in [3.8, 4) is 16.9 Å². The number of aromatic carboxylic acids is 1. The summed E-state index contributed by atoms with van der Waals surface area (Å²) in [6, 6.07) is 18.4. The van der Waals surface area contributed by atoms with Crippen molar-refractivity contribution in [2.24, 2.45) is 0 Å². The number of carbonyl (C=O) groups is 1. The van der Waals surface area contributed by atoms with Crippen molar-refractivity contribution >= 4 is 5.97 Å². The summed E-state index contributed by atoms with van der Waals surface area (Å²) >= 11 is 0. The molecule has 0 spiro atoms. The number of aromatic amines is 1. The Kier molecular flexibility index (Phi) is 4.43. The van der Waals surface area contributed by atoms with Crippen LogP contribution in [-0.2, 0) is 6.61 Å². The van der Waals surface area contributed by atoms with Crippen molar-refractivity contribution in [3.05, 3.63) is 88.3 Å². The van der Waals surface area contributed by atoms with Gasteiger partial charge in [-0.15, -0.1) is 0 Å². The molecule has 1 aromatic heterocycles. The largest absolute Gasteiger partial charge is 0.488 e. The summed E-state index contributed by atoms with van der Waals surface area (Å²) < 4.78 is 5.87. The molecule has 5 nitrogen and oxygen atoms in total. The van der Waals surface area contributed by atoms with Crippen LogP contribution in [0.3, 0.4) is 0 Å². The highest BCUT2D eigenvalue weighted by Crippen LogP contribution is 2.30. The van der Waals surface area contributed by atoms with Crippen molar-refractivity contribution in [3.63, 3.8) is 0 Å². The summed E-state index contributed by atoms with van der Waals surface area (Å²) in [4.78, 5) is 25.2. The van der Waals surface area contributed by atoms with E-state index in [0.29, 0.717) is 23.5 Å². The molecule has 1 heterocycles. The van der Waals surface area contributed by atoms with E-state index < -0.39 is 11.5 Å². The third-order valence-electron chi connectivity index (χ3n) is 3.57. The third-order valence-corrected chi connectivity index (χ3v) is 3.57. The highest BCUT2D eigenvalue weighted by molar-refractivity contribution is 5.89. The van der Waals surface area contributed by atoms with E-state index in [0.717, 1.165) is 5.56 Å². The lowest BCUT2D eigenvalue weighted by Gasteiger charge is -2.12. The minimum atomic E-state index is -1.26. The molecule has 2 N–H and O–H groups in total. The van der Waals surface area contributed by atoms with Gasteiger partial charge in [-0.25, -0.2) is 4.79 Å². The van der Waals surface area contributed by atoms with Gasteiger partial charge in [0.25, 0.3) is 5.56 Å². The molecule has 0 fully saturated rings. The van der Waals surface area contributed by atoms with Crippen LogP contribution in [-0.4, -0.2) is 16.1 Å². The first-order valence-electron chi connectivity index (χ1n) is 7.37. The smallest absolute Gasteiger partial charge is 0.341 e. The lowest BCUT2D eigenvalue weighted by Crippen LogP contribution is -2.16. The quantitative estimate of drug-likeness (QED) is 0.755. The number of para-hydroxylation sites is 1. The molecule has 3 rings (SSSR count). The number of carboxylic acid groups (broad SMARTS) is 1. The SMILES string of the molecule is O=C(O)c1cc(-c2ccccc2OCc2ccccc2)c[nH]c1=O. The Hall–Kier alpha value is -3.34. The second-order valence-corrected chi connectivity index (χ2v) is 5.21. The molecule has 0 aliphatic heterocycles. The summed E-state index contributed by atoms with van der Waals surface area (Å²) in [6.45, 7) is 0.396. The van der Waals surface area contributed by atoms with Gasteiger partial charge in [0, 0.05) is 17.3 Å². The van der Waals surface area contributed by atoms with Crippen molar-refractivity contribution in [2.45, 2.75) is 6.61 Å². The fourth-order valence-electron chi connectivity index (χ4n) is 2.36. The molecule has 5 heteroatoms. The second kappa shape index (κ2) is 6.83. The van der Waals surface area contributed by atoms with E-state index in [9.17, 15) is 9.59 Å². The number of hydrogen-bond donors (Lipinski definition) is 2. The maximum Gasteiger partial charge on any atom is 0.341 e. The van der Waals surface area contributed by atoms with Crippen LogP contribution >= 0.6 is 0 Å². The Morgan fingerprint density at radius 2 is 1.75 bits per heavy atom. The highest BCUT2D eigenvalue weighted by atomic mass is 16.5. The number of ether oxygens (including phenoxy) is 1. The summed E-state index contributed by atoms with van der Waals surface area (Å²) in [5.41, 5.74) is 1.39. The van der Waals surface area contributed by atoms with E-state index in [1.54, 1.807) is 0 Å². The van der Waals surface area contributed by atoms with E-state index in [2.05, 4.69) is 4.98 Å². The van der Waals surface area contributed by atoms with E-state index in [4.69, 9.17) is 9.84 Å². The zero-order chi connectivity index (χ0) is 16.9. The first kappa shape index (κ1) is 15.6. The molecular formula is C19H15NO4. The predicted molar refractivity (Wildman–Crippen MR) is 90.2 cm³/mol. The van der Waals surface area contributed by atoms with Crippen molar-refractivity contribution in [2.75, 3.05) is 0 Å². The topological polar surface area (TPSA) is 79.4 Å². The number of pyridine rings is 1. The van der Waals surface area contributed by atoms with Crippen molar-refractivity contribution < 1.29 is 14.6 Å². The molecule has 24 heavy (non-hydrogen) atoms. The molecule has 0 aliphatic rings. The number of rotatable bonds is 5. The Morgan fingerprint density at radius 3 is 2.50 bits per heavy atom. The number of H-pyrrole nitrogens is 1. The van der Waals surface area contributed by atoms with Crippen molar-refractivity contribution in [1.29, 1.82) is 0 Å². The molecule has 0 saturated heterocycles. The van der Waals surface area contributed by atoms with Crippen LogP contribution < -0.4 is 10.3 Å². The zero-order valence-electron chi connectivity index (χ0n) is 12.7. The number of benzene rings is 2. The molecule has 0 saturated carbocycles. The molecule has 0 aliphatic carbocycles. The average molecular weight is 321 g/mol. The standard InChI is InChI=1S/C19H15NO4/c21-18-16(19(22)23)10-14(11-20-18)15-8-4-5-9-17(15)24-12-13-6-2-1-3-7-13/h1-11H,12H2,(H,20,21)(H,22,23). The number of hydrogen-bond acceptors (Lipinski definition) is 3. The van der Waals surface area contributed by atoms with Crippen LogP contribution in [0.25, 0.3) is 11.1 Å². The first-order valence-corrected chi connectivity index (χ1v) is 7.37. The molecule has 3 aromatic rings. The van der Waals surface area contributed by atoms with Gasteiger partial charge in [0.1, 0.15) is 17.9 Å². The molecule has 120 valence electrons. The van der Waals surface area contributed by atoms with Gasteiger partial charge in [-0.05, 0) is 17.7 Å². The first-order chi connectivity index (χ1) is 11.6. The maximum absolute atomic E-state index is 11.6. The van der Waals surface area contributed by atoms with Crippen LogP contribution in [0.5, 0.6) is 5.75 Å². The molecule has 0 atom stereocenters. The fourth-order valence-corrected chi connectivity index (χ4v) is 2.36. The van der Waals surface area contributed by atoms with E-state index in [1.165, 1.54) is 12.3 Å². The van der Waals surface area contributed by atoms with Gasteiger partial charge in [-0.2, -0.15) is 0 Å². The number of carboxylic acids is 1. The zero-order valence-corrected chi connectivity index (χ0v) is 12.7. The Bertz CT molecular complexity index is 916. The molecule has 0 unspecified atom stereocenters. The molecule has 0 bridgehead atoms. The fraction of sp³-hybridized carbons (Fsp3) is 0.0526. The van der Waals surface area contributed by atoms with Gasteiger partial charge in [-0.1, -0.05) is 48.5 Å². The Balaban J connectivity index is 1.93. The van der Waals surface area contributed by atoms with Gasteiger partial charge in [-0.3, -0.25) is 4.79 Å². The second-order valence-electron chi connectivity index (χ2n) is 5.21. The highest BCUT2D eigenvalue weighted by Gasteiger charge is 2.13. The lowest BCUT2D eigenvalue weighted by molar-refractivity contribution is 0.0695. The lowest BCUT2D eigenvalue weighted by atomic mass is 10.0. The van der Waals surface area contributed by atoms with Gasteiger partial charge in [0.05, 0.1) is 0 Å². The number of nitrogens with one attached hydrogen (secondary N) is 1. The summed E-state index contributed by atoms with van der Waals surface area (Å²) in [5, 5.41) is 9.11. The maximum atomic E-state index is 11.6. The minimum Gasteiger partial charge on any atom is -0.488 e. The van der Waals surface area contributed by atoms with E-state index >= 15 is 0 Å². The Morgan fingerprint density at radius 1 is 1.04 bits per heavy atom. The van der Waals surface area contributed by atoms with E-state index in [-0.39, 0.29) is 5.56 Å². The summed E-state index contributed by atoms with van der Waals surface area (Å²) in [6.07, 6.45) is 1.49. The van der Waals surface area contributed by atoms with Crippen LogP contribution in [0, 0.1) is 0 Å². The number of aromatic nitrogens is 1. The summed E-state index contributed by atoms with van der Waals surface area (Å²) in [7, 11) is 0. The van der Waals surface area contributed by atoms with Crippen LogP contribution in [0.2, 0.25) is 0 Å². The molecular weight excluding hydrogens is 306 g/mol. The Labute approximate surface area is 138 Å². The van der Waals surface area contributed by atoms with Crippen molar-refractivity contribution in [1.82, 2.24) is 4.98 Å². The average Bonchev–Trinajstić information content (AvgIpc) is 2.61. The summed E-state index contributed by atoms with van der Waals surface area (Å²) in [5.74, 6) is -0.648. The van der Waals surface area contributed by atoms with Crippen LogP contribution in [0.4, 0.5) is 0 Å². The van der Waals surface area contributed by atoms with Gasteiger partial charge in [0.15, 0.2) is 0 Å². The normalized spacial score (nSPS) is 10.3. The van der Waals surface area contributed by atoms with Gasteiger partial charge in [0.2, 0.25) is 0 Å². The monoisotopic (exact) mass is 321 g/mol.